The van der Waals surface area contributed by atoms with E-state index in [0.29, 0.717) is 29.6 Å². The normalized spacial score (nSPS) is 11.3. The molecule has 0 aliphatic rings. The summed E-state index contributed by atoms with van der Waals surface area (Å²) in [6.45, 7) is 6.20. The summed E-state index contributed by atoms with van der Waals surface area (Å²) in [6.07, 6.45) is 0.426. The summed E-state index contributed by atoms with van der Waals surface area (Å²) in [5, 5.41) is 0.578. The number of aryl methyl sites for hydroxylation is 1. The van der Waals surface area contributed by atoms with Crippen molar-refractivity contribution in [2.24, 2.45) is 5.92 Å². The number of pyridine rings is 1. The van der Waals surface area contributed by atoms with Crippen LogP contribution in [0.5, 0.6) is 0 Å². The van der Waals surface area contributed by atoms with Crippen LogP contribution in [0.25, 0.3) is 10.9 Å². The number of fused-ring (bicyclic) bond motifs is 1. The molecule has 0 saturated carbocycles. The number of methoxy groups -OCH3 is 1. The van der Waals surface area contributed by atoms with Crippen molar-refractivity contribution >= 4 is 28.3 Å². The van der Waals surface area contributed by atoms with Crippen LogP contribution in [-0.4, -0.2) is 40.7 Å². The van der Waals surface area contributed by atoms with Crippen molar-refractivity contribution in [1.29, 1.82) is 0 Å². The van der Waals surface area contributed by atoms with Crippen LogP contribution < -0.4 is 21.9 Å². The second-order valence-electron chi connectivity index (χ2n) is 8.26. The summed E-state index contributed by atoms with van der Waals surface area (Å²) in [5.74, 6) is -0.943. The number of halogens is 1. The van der Waals surface area contributed by atoms with Crippen LogP contribution in [0.2, 0.25) is 0 Å². The van der Waals surface area contributed by atoms with Gasteiger partial charge in [-0.05, 0) is 37.5 Å². The number of benzene rings is 1. The molecule has 9 nitrogen and oxygen atoms in total. The minimum atomic E-state index is -0.753. The van der Waals surface area contributed by atoms with E-state index in [-0.39, 0.29) is 36.1 Å². The van der Waals surface area contributed by atoms with Crippen LogP contribution in [0.3, 0.4) is 0 Å². The zero-order valence-electron chi connectivity index (χ0n) is 19.1. The van der Waals surface area contributed by atoms with Gasteiger partial charge in [0.05, 0.1) is 16.8 Å². The number of ether oxygens (including phenoxy) is 1. The molecule has 0 unspecified atom stereocenters. The van der Waals surface area contributed by atoms with Crippen molar-refractivity contribution in [2.45, 2.75) is 33.7 Å². The van der Waals surface area contributed by atoms with Gasteiger partial charge in [-0.15, -0.1) is 0 Å². The monoisotopic (exact) mass is 457 g/mol. The van der Waals surface area contributed by atoms with Crippen molar-refractivity contribution in [2.75, 3.05) is 30.9 Å². The summed E-state index contributed by atoms with van der Waals surface area (Å²) in [4.78, 5) is 46.7. The molecule has 10 heteroatoms. The number of amides is 1. The first-order chi connectivity index (χ1) is 15.6. The van der Waals surface area contributed by atoms with E-state index in [1.165, 1.54) is 34.8 Å². The molecule has 33 heavy (non-hydrogen) atoms. The Hall–Kier alpha value is -3.53. The molecule has 0 fully saturated rings. The fraction of sp³-hybridized carbons (Fsp3) is 0.391. The highest BCUT2D eigenvalue weighted by atomic mass is 19.1. The molecule has 0 aliphatic heterocycles. The molecule has 0 radical (unpaired) electrons. The lowest BCUT2D eigenvalue weighted by Crippen LogP contribution is -2.42. The van der Waals surface area contributed by atoms with E-state index in [9.17, 15) is 18.8 Å². The Balaban J connectivity index is 2.16. The molecule has 3 rings (SSSR count). The third-order valence-electron chi connectivity index (χ3n) is 5.21. The third kappa shape index (κ3) is 5.11. The van der Waals surface area contributed by atoms with Crippen LogP contribution in [0.15, 0.2) is 33.9 Å². The molecule has 1 amide bonds. The van der Waals surface area contributed by atoms with Gasteiger partial charge in [0, 0.05) is 38.3 Å². The van der Waals surface area contributed by atoms with Gasteiger partial charge in [0.1, 0.15) is 11.6 Å². The number of carbonyl (C=O) groups is 1. The van der Waals surface area contributed by atoms with Crippen molar-refractivity contribution < 1.29 is 13.9 Å². The van der Waals surface area contributed by atoms with E-state index in [2.05, 4.69) is 9.97 Å². The summed E-state index contributed by atoms with van der Waals surface area (Å²) in [6, 6.07) is 5.72. The molecule has 3 N–H and O–H groups in total. The minimum absolute atomic E-state index is 0.0775. The Morgan fingerprint density at radius 3 is 2.70 bits per heavy atom. The molecular formula is C23H28FN5O4. The van der Waals surface area contributed by atoms with Gasteiger partial charge < -0.3 is 15.4 Å². The second-order valence-corrected chi connectivity index (χ2v) is 8.26. The predicted molar refractivity (Wildman–Crippen MR) is 125 cm³/mol. The Labute approximate surface area is 190 Å². The molecule has 1 aromatic carbocycles. The third-order valence-corrected chi connectivity index (χ3v) is 5.21. The molecule has 0 atom stereocenters. The molecule has 0 bridgehead atoms. The zero-order chi connectivity index (χ0) is 24.3. The highest BCUT2D eigenvalue weighted by Crippen LogP contribution is 2.24. The second kappa shape index (κ2) is 9.95. The number of nitrogens with one attached hydrogen (secondary N) is 1. The lowest BCUT2D eigenvalue weighted by atomic mass is 10.1. The van der Waals surface area contributed by atoms with Crippen LogP contribution in [0.1, 0.15) is 36.3 Å². The molecule has 0 spiro atoms. The van der Waals surface area contributed by atoms with Crippen LogP contribution >= 0.6 is 0 Å². The standard InChI is InChI=1S/C23H28FN5O4/c1-13(2)12-29-20(25)19(21(30)27-23(29)32)28(8-5-9-33-4)22(31)17-10-15-6-7-16(24)11-18(15)26-14(17)3/h6-7,10-11,13H,5,8-9,12,25H2,1-4H3,(H,27,30,32). The number of anilines is 2. The summed E-state index contributed by atoms with van der Waals surface area (Å²) in [7, 11) is 1.53. The maximum Gasteiger partial charge on any atom is 0.330 e. The average Bonchev–Trinajstić information content (AvgIpc) is 2.74. The van der Waals surface area contributed by atoms with Crippen molar-refractivity contribution in [1.82, 2.24) is 14.5 Å². The highest BCUT2D eigenvalue weighted by Gasteiger charge is 2.27. The average molecular weight is 458 g/mol. The molecule has 0 saturated heterocycles. The number of hydrogen-bond donors (Lipinski definition) is 2. The minimum Gasteiger partial charge on any atom is -0.385 e. The number of rotatable bonds is 8. The largest absolute Gasteiger partial charge is 0.385 e. The number of H-pyrrole nitrogens is 1. The maximum absolute atomic E-state index is 13.7. The van der Waals surface area contributed by atoms with E-state index in [4.69, 9.17) is 10.5 Å². The number of nitrogens with two attached hydrogens (primary N) is 1. The summed E-state index contributed by atoms with van der Waals surface area (Å²) >= 11 is 0. The van der Waals surface area contributed by atoms with Gasteiger partial charge in [-0.1, -0.05) is 13.8 Å². The lowest BCUT2D eigenvalue weighted by Gasteiger charge is -2.25. The Kier molecular flexibility index (Phi) is 7.27. The quantitative estimate of drug-likeness (QED) is 0.501. The smallest absolute Gasteiger partial charge is 0.330 e. The number of carbonyl (C=O) groups excluding carboxylic acids is 1. The van der Waals surface area contributed by atoms with Crippen LogP contribution in [0, 0.1) is 18.7 Å². The van der Waals surface area contributed by atoms with Gasteiger partial charge in [-0.25, -0.2) is 9.18 Å². The fourth-order valence-electron chi connectivity index (χ4n) is 3.66. The number of nitrogens with zero attached hydrogens (tertiary/aromatic N) is 3. The fourth-order valence-corrected chi connectivity index (χ4v) is 3.66. The van der Waals surface area contributed by atoms with E-state index in [0.717, 1.165) is 0 Å². The molecule has 2 heterocycles. The van der Waals surface area contributed by atoms with E-state index < -0.39 is 23.0 Å². The number of aromatic amines is 1. The molecule has 0 aliphatic carbocycles. The summed E-state index contributed by atoms with van der Waals surface area (Å²) < 4.78 is 20.0. The SMILES string of the molecule is COCCCN(C(=O)c1cc2ccc(F)cc2nc1C)c1c(N)n(CC(C)C)c(=O)[nH]c1=O. The molecular weight excluding hydrogens is 429 g/mol. The topological polar surface area (TPSA) is 123 Å². The van der Waals surface area contributed by atoms with Crippen molar-refractivity contribution in [3.63, 3.8) is 0 Å². The Morgan fingerprint density at radius 1 is 1.30 bits per heavy atom. The van der Waals surface area contributed by atoms with Gasteiger partial charge in [-0.2, -0.15) is 0 Å². The Morgan fingerprint density at radius 2 is 2.03 bits per heavy atom. The zero-order valence-corrected chi connectivity index (χ0v) is 19.1. The van der Waals surface area contributed by atoms with Crippen LogP contribution in [-0.2, 0) is 11.3 Å². The lowest BCUT2D eigenvalue weighted by molar-refractivity contribution is 0.0982. The van der Waals surface area contributed by atoms with Gasteiger partial charge in [0.25, 0.3) is 11.5 Å². The van der Waals surface area contributed by atoms with E-state index in [1.54, 1.807) is 13.0 Å². The molecule has 176 valence electrons. The first-order valence-electron chi connectivity index (χ1n) is 10.6. The van der Waals surface area contributed by atoms with Gasteiger partial charge in [0.2, 0.25) is 0 Å². The molecule has 2 aromatic heterocycles. The number of aromatic nitrogens is 3. The highest BCUT2D eigenvalue weighted by molar-refractivity contribution is 6.09. The Bertz CT molecular complexity index is 1300. The van der Waals surface area contributed by atoms with E-state index in [1.807, 2.05) is 13.8 Å². The van der Waals surface area contributed by atoms with E-state index >= 15 is 0 Å². The van der Waals surface area contributed by atoms with Crippen molar-refractivity contribution in [3.8, 4) is 0 Å². The molecule has 3 aromatic rings. The van der Waals surface area contributed by atoms with Gasteiger partial charge >= 0.3 is 5.69 Å². The van der Waals surface area contributed by atoms with Crippen molar-refractivity contribution in [3.05, 3.63) is 62.2 Å². The number of hydrogen-bond acceptors (Lipinski definition) is 6. The van der Waals surface area contributed by atoms with Gasteiger partial charge in [-0.3, -0.25) is 24.1 Å². The number of nitrogen functional groups attached to an aromatic ring is 1. The van der Waals surface area contributed by atoms with Crippen LogP contribution in [0.4, 0.5) is 15.9 Å². The first kappa shape index (κ1) is 24.1. The summed E-state index contributed by atoms with van der Waals surface area (Å²) in [5.41, 5.74) is 5.80. The predicted octanol–water partition coefficient (Wildman–Crippen LogP) is 2.45. The maximum atomic E-state index is 13.7. The van der Waals surface area contributed by atoms with Gasteiger partial charge in [0.15, 0.2) is 5.69 Å². The first-order valence-corrected chi connectivity index (χ1v) is 10.6.